The van der Waals surface area contributed by atoms with Crippen LogP contribution in [0.2, 0.25) is 0 Å². The number of benzene rings is 1. The van der Waals surface area contributed by atoms with Crippen LogP contribution in [-0.4, -0.2) is 16.7 Å². The third-order valence-electron chi connectivity index (χ3n) is 5.09. The minimum atomic E-state index is 0.474. The van der Waals surface area contributed by atoms with Crippen LogP contribution >= 0.6 is 0 Å². The number of nitrogens with zero attached hydrogens (tertiary/aromatic N) is 3. The Morgan fingerprint density at radius 3 is 2.72 bits per heavy atom. The van der Waals surface area contributed by atoms with Gasteiger partial charge in [0.05, 0.1) is 30.2 Å². The molecule has 0 amide bonds. The number of anilines is 1. The Morgan fingerprint density at radius 2 is 2.08 bits per heavy atom. The zero-order valence-electron chi connectivity index (χ0n) is 14.6. The highest BCUT2D eigenvalue weighted by atomic mass is 16.5. The van der Waals surface area contributed by atoms with Gasteiger partial charge in [-0.05, 0) is 55.9 Å². The van der Waals surface area contributed by atoms with Crippen LogP contribution in [0.15, 0.2) is 24.4 Å². The largest absolute Gasteiger partial charge is 0.496 e. The van der Waals surface area contributed by atoms with Gasteiger partial charge in [0.15, 0.2) is 0 Å². The van der Waals surface area contributed by atoms with Gasteiger partial charge in [-0.3, -0.25) is 0 Å². The number of hydrogen-bond donors (Lipinski definition) is 1. The van der Waals surface area contributed by atoms with E-state index in [1.165, 1.54) is 18.4 Å². The third-order valence-corrected chi connectivity index (χ3v) is 5.09. The molecule has 0 spiro atoms. The lowest BCUT2D eigenvalue weighted by molar-refractivity contribution is 0.412. The van der Waals surface area contributed by atoms with Crippen molar-refractivity contribution < 1.29 is 4.74 Å². The lowest BCUT2D eigenvalue weighted by Crippen LogP contribution is -2.01. The van der Waals surface area contributed by atoms with Crippen LogP contribution in [0.5, 0.6) is 5.75 Å². The van der Waals surface area contributed by atoms with Gasteiger partial charge in [-0.2, -0.15) is 10.4 Å². The predicted molar refractivity (Wildman–Crippen MR) is 97.8 cm³/mol. The Balaban J connectivity index is 2.06. The molecule has 1 aliphatic carbocycles. The first-order valence-corrected chi connectivity index (χ1v) is 8.41. The van der Waals surface area contributed by atoms with E-state index >= 15 is 0 Å². The molecule has 2 heterocycles. The SMILES string of the molecule is COc1ccc(C)c(-c2c(N)c(C#N)c3cc(C4CC4)cnn23)c1C. The smallest absolute Gasteiger partial charge is 0.122 e. The number of hydrogen-bond acceptors (Lipinski definition) is 4. The Hall–Kier alpha value is -3.00. The Labute approximate surface area is 146 Å². The lowest BCUT2D eigenvalue weighted by atomic mass is 9.98. The summed E-state index contributed by atoms with van der Waals surface area (Å²) in [5, 5.41) is 14.3. The quantitative estimate of drug-likeness (QED) is 0.787. The van der Waals surface area contributed by atoms with Gasteiger partial charge in [-0.25, -0.2) is 4.52 Å². The van der Waals surface area contributed by atoms with Crippen molar-refractivity contribution >= 4 is 11.2 Å². The molecule has 5 nitrogen and oxygen atoms in total. The van der Waals surface area contributed by atoms with E-state index in [0.717, 1.165) is 33.7 Å². The summed E-state index contributed by atoms with van der Waals surface area (Å²) in [7, 11) is 1.65. The predicted octanol–water partition coefficient (Wildman–Crippen LogP) is 3.96. The highest BCUT2D eigenvalue weighted by Crippen LogP contribution is 2.43. The number of aryl methyl sites for hydroxylation is 1. The molecule has 0 bridgehead atoms. The molecule has 0 atom stereocenters. The van der Waals surface area contributed by atoms with E-state index in [1.54, 1.807) is 11.6 Å². The van der Waals surface area contributed by atoms with Gasteiger partial charge in [0.25, 0.3) is 0 Å². The van der Waals surface area contributed by atoms with Crippen molar-refractivity contribution in [2.24, 2.45) is 0 Å². The number of fused-ring (bicyclic) bond motifs is 1. The molecule has 0 unspecified atom stereocenters. The maximum atomic E-state index is 9.67. The van der Waals surface area contributed by atoms with Crippen LogP contribution in [-0.2, 0) is 0 Å². The molecular formula is C20H20N4O. The second-order valence-corrected chi connectivity index (χ2v) is 6.69. The zero-order valence-corrected chi connectivity index (χ0v) is 14.6. The highest BCUT2D eigenvalue weighted by Gasteiger charge is 2.27. The molecule has 0 saturated heterocycles. The van der Waals surface area contributed by atoms with Crippen molar-refractivity contribution in [3.8, 4) is 23.1 Å². The van der Waals surface area contributed by atoms with Crippen LogP contribution in [0, 0.1) is 25.2 Å². The number of nitrogens with two attached hydrogens (primary N) is 1. The fourth-order valence-electron chi connectivity index (χ4n) is 3.58. The summed E-state index contributed by atoms with van der Waals surface area (Å²) in [5.41, 5.74) is 13.1. The van der Waals surface area contributed by atoms with Crippen LogP contribution in [0.4, 0.5) is 5.69 Å². The van der Waals surface area contributed by atoms with Crippen LogP contribution in [0.25, 0.3) is 16.8 Å². The van der Waals surface area contributed by atoms with Crippen molar-refractivity contribution in [2.45, 2.75) is 32.6 Å². The summed E-state index contributed by atoms with van der Waals surface area (Å²) in [4.78, 5) is 0. The van der Waals surface area contributed by atoms with E-state index in [-0.39, 0.29) is 0 Å². The molecule has 4 rings (SSSR count). The molecule has 0 aliphatic heterocycles. The van der Waals surface area contributed by atoms with Gasteiger partial charge >= 0.3 is 0 Å². The lowest BCUT2D eigenvalue weighted by Gasteiger charge is -2.14. The monoisotopic (exact) mass is 332 g/mol. The number of nitriles is 1. The average molecular weight is 332 g/mol. The topological polar surface area (TPSA) is 76.3 Å². The Kier molecular flexibility index (Phi) is 3.43. The van der Waals surface area contributed by atoms with Crippen LogP contribution < -0.4 is 10.5 Å². The van der Waals surface area contributed by atoms with E-state index in [0.29, 0.717) is 17.2 Å². The third kappa shape index (κ3) is 2.25. The van der Waals surface area contributed by atoms with Gasteiger partial charge in [-0.1, -0.05) is 6.07 Å². The molecule has 1 fully saturated rings. The second-order valence-electron chi connectivity index (χ2n) is 6.69. The zero-order chi connectivity index (χ0) is 17.7. The Morgan fingerprint density at radius 1 is 1.32 bits per heavy atom. The van der Waals surface area contributed by atoms with Gasteiger partial charge in [0, 0.05) is 11.1 Å². The van der Waals surface area contributed by atoms with Crippen molar-refractivity contribution in [3.05, 3.63) is 46.6 Å². The van der Waals surface area contributed by atoms with Crippen molar-refractivity contribution in [3.63, 3.8) is 0 Å². The first-order valence-electron chi connectivity index (χ1n) is 8.41. The van der Waals surface area contributed by atoms with Gasteiger partial charge in [-0.15, -0.1) is 0 Å². The molecular weight excluding hydrogens is 312 g/mol. The number of methoxy groups -OCH3 is 1. The molecule has 2 N–H and O–H groups in total. The molecule has 2 aromatic heterocycles. The second kappa shape index (κ2) is 5.52. The highest BCUT2D eigenvalue weighted by molar-refractivity contribution is 5.90. The summed E-state index contributed by atoms with van der Waals surface area (Å²) in [6.45, 7) is 4.04. The molecule has 1 aromatic carbocycles. The summed E-state index contributed by atoms with van der Waals surface area (Å²) < 4.78 is 7.27. The van der Waals surface area contributed by atoms with Crippen molar-refractivity contribution in [1.29, 1.82) is 5.26 Å². The van der Waals surface area contributed by atoms with E-state index < -0.39 is 0 Å². The van der Waals surface area contributed by atoms with Gasteiger partial charge in [0.1, 0.15) is 17.4 Å². The van der Waals surface area contributed by atoms with Crippen molar-refractivity contribution in [2.75, 3.05) is 12.8 Å². The molecule has 1 saturated carbocycles. The summed E-state index contributed by atoms with van der Waals surface area (Å²) in [6, 6.07) is 8.28. The average Bonchev–Trinajstić information content (AvgIpc) is 3.41. The number of rotatable bonds is 3. The van der Waals surface area contributed by atoms with Gasteiger partial charge < -0.3 is 10.5 Å². The van der Waals surface area contributed by atoms with Gasteiger partial charge in [0.2, 0.25) is 0 Å². The minimum Gasteiger partial charge on any atom is -0.496 e. The van der Waals surface area contributed by atoms with E-state index in [9.17, 15) is 5.26 Å². The first-order chi connectivity index (χ1) is 12.1. The fraction of sp³-hybridized carbons (Fsp3) is 0.300. The molecule has 1 aliphatic rings. The maximum Gasteiger partial charge on any atom is 0.122 e. The minimum absolute atomic E-state index is 0.474. The molecule has 5 heteroatoms. The van der Waals surface area contributed by atoms with E-state index in [1.807, 2.05) is 32.2 Å². The van der Waals surface area contributed by atoms with E-state index in [2.05, 4.69) is 17.2 Å². The molecule has 0 radical (unpaired) electrons. The summed E-state index contributed by atoms with van der Waals surface area (Å²) in [5.74, 6) is 1.37. The fourth-order valence-corrected chi connectivity index (χ4v) is 3.58. The number of ether oxygens (including phenoxy) is 1. The van der Waals surface area contributed by atoms with Crippen LogP contribution in [0.1, 0.15) is 41.0 Å². The summed E-state index contributed by atoms with van der Waals surface area (Å²) in [6.07, 6.45) is 4.29. The van der Waals surface area contributed by atoms with Crippen LogP contribution in [0.3, 0.4) is 0 Å². The van der Waals surface area contributed by atoms with Crippen molar-refractivity contribution in [1.82, 2.24) is 9.61 Å². The normalized spacial score (nSPS) is 13.8. The molecule has 3 aromatic rings. The standard InChI is InChI=1S/C20H20N4O/c1-11-4-7-17(25-3)12(2)18(11)20-19(22)15(9-21)16-8-14(13-5-6-13)10-23-24(16)20/h4,7-8,10,13H,5-6,22H2,1-3H3. The Bertz CT molecular complexity index is 1040. The number of aromatic nitrogens is 2. The maximum absolute atomic E-state index is 9.67. The molecule has 126 valence electrons. The molecule has 25 heavy (non-hydrogen) atoms. The number of nitrogen functional groups attached to an aromatic ring is 1. The van der Waals surface area contributed by atoms with E-state index in [4.69, 9.17) is 10.5 Å². The summed E-state index contributed by atoms with van der Waals surface area (Å²) >= 11 is 0. The first kappa shape index (κ1) is 15.5.